The highest BCUT2D eigenvalue weighted by molar-refractivity contribution is 7.91. The largest absolute Gasteiger partial charge is 0.495 e. The molecule has 18 heteroatoms. The first-order valence-electron chi connectivity index (χ1n) is 20.4. The summed E-state index contributed by atoms with van der Waals surface area (Å²) in [6.07, 6.45) is 7.68. The number of carbonyl (C=O) groups is 4. The maximum Gasteiger partial charge on any atom is 0.267 e. The molecule has 320 valence electrons. The highest BCUT2D eigenvalue weighted by atomic mass is 35.5. The number of pyridine rings is 2. The lowest BCUT2D eigenvalue weighted by molar-refractivity contribution is -0.145. The number of methoxy groups -OCH3 is 1. The highest BCUT2D eigenvalue weighted by Crippen LogP contribution is 2.46. The van der Waals surface area contributed by atoms with Crippen molar-refractivity contribution >= 4 is 56.2 Å². The Morgan fingerprint density at radius 3 is 2.60 bits per heavy atom. The Labute approximate surface area is 351 Å². The molecule has 0 bridgehead atoms. The number of hydrogen-bond acceptors (Lipinski definition) is 10. The highest BCUT2D eigenvalue weighted by Gasteiger charge is 2.62. The quantitative estimate of drug-likeness (QED) is 0.273. The summed E-state index contributed by atoms with van der Waals surface area (Å²) in [5.74, 6) is -6.33. The van der Waals surface area contributed by atoms with Gasteiger partial charge in [-0.3, -0.25) is 28.9 Å². The van der Waals surface area contributed by atoms with Gasteiger partial charge in [0, 0.05) is 55.3 Å². The zero-order valence-corrected chi connectivity index (χ0v) is 34.7. The topological polar surface area (TPSA) is 177 Å². The molecule has 60 heavy (non-hydrogen) atoms. The first kappa shape index (κ1) is 41.8. The number of carbonyl (C=O) groups excluding carboxylic acids is 4. The van der Waals surface area contributed by atoms with Crippen molar-refractivity contribution in [2.75, 3.05) is 26.7 Å². The molecule has 2 saturated heterocycles. The predicted molar refractivity (Wildman–Crippen MR) is 217 cm³/mol. The van der Waals surface area contributed by atoms with Gasteiger partial charge >= 0.3 is 0 Å². The molecule has 3 aliphatic heterocycles. The molecule has 5 aliphatic rings. The van der Waals surface area contributed by atoms with Crippen LogP contribution in [0.5, 0.6) is 11.5 Å². The number of amides is 4. The molecule has 2 N–H and O–H groups in total. The van der Waals surface area contributed by atoms with Crippen LogP contribution in [0, 0.1) is 11.8 Å². The van der Waals surface area contributed by atoms with Crippen LogP contribution in [0.15, 0.2) is 54.7 Å². The van der Waals surface area contributed by atoms with Crippen LogP contribution in [0.4, 0.5) is 8.78 Å². The average molecular weight is 869 g/mol. The van der Waals surface area contributed by atoms with E-state index in [1.165, 1.54) is 12.0 Å². The van der Waals surface area contributed by atoms with Crippen LogP contribution in [0.2, 0.25) is 5.02 Å². The van der Waals surface area contributed by atoms with E-state index >= 15 is 0 Å². The SMILES string of the molecule is COc1ccc2c(O[C@@H]3C[C@H]4C(=O)N[C@]5(C(=O)NS(=O)(=O)C6CC6)CC5/C=C\CCCCC[C@H](CC(=O)N5CCC(F)(F)C5)C(=O)N4C3)cc(-c3ccccn3)nc2c1Cl. The van der Waals surface area contributed by atoms with Crippen molar-refractivity contribution in [2.45, 2.75) is 99.5 Å². The normalized spacial score (nSPS) is 27.5. The molecule has 14 nitrogen and oxygen atoms in total. The number of ether oxygens (including phenoxy) is 2. The van der Waals surface area contributed by atoms with Gasteiger partial charge in [-0.25, -0.2) is 22.2 Å². The lowest BCUT2D eigenvalue weighted by Gasteiger charge is -2.30. The summed E-state index contributed by atoms with van der Waals surface area (Å²) < 4.78 is 68.5. The number of allylic oxidation sites excluding steroid dienone is 1. The van der Waals surface area contributed by atoms with Gasteiger partial charge < -0.3 is 24.6 Å². The Morgan fingerprint density at radius 1 is 1.07 bits per heavy atom. The van der Waals surface area contributed by atoms with Crippen molar-refractivity contribution < 1.29 is 45.9 Å². The first-order chi connectivity index (χ1) is 28.7. The van der Waals surface area contributed by atoms with Crippen molar-refractivity contribution in [3.8, 4) is 22.9 Å². The predicted octanol–water partition coefficient (Wildman–Crippen LogP) is 5.18. The summed E-state index contributed by atoms with van der Waals surface area (Å²) >= 11 is 6.78. The van der Waals surface area contributed by atoms with Crippen molar-refractivity contribution in [1.29, 1.82) is 0 Å². The van der Waals surface area contributed by atoms with Gasteiger partial charge in [-0.1, -0.05) is 42.7 Å². The number of hydrogen-bond donors (Lipinski definition) is 2. The number of benzene rings is 1. The van der Waals surface area contributed by atoms with E-state index in [1.54, 1.807) is 42.6 Å². The van der Waals surface area contributed by atoms with Gasteiger partial charge in [-0.15, -0.1) is 0 Å². The smallest absolute Gasteiger partial charge is 0.267 e. The molecule has 0 radical (unpaired) electrons. The first-order valence-corrected chi connectivity index (χ1v) is 22.4. The van der Waals surface area contributed by atoms with Gasteiger partial charge in [0.05, 0.1) is 42.4 Å². The number of halogens is 3. The number of aromatic nitrogens is 2. The minimum atomic E-state index is -3.95. The van der Waals surface area contributed by atoms with Crippen LogP contribution >= 0.6 is 11.6 Å². The number of nitrogens with one attached hydrogen (secondary N) is 2. The van der Waals surface area contributed by atoms with E-state index in [-0.39, 0.29) is 43.8 Å². The number of likely N-dealkylation sites (tertiary alicyclic amines) is 1. The number of rotatable bonds is 9. The number of alkyl halides is 2. The maximum absolute atomic E-state index is 14.8. The lowest BCUT2D eigenvalue weighted by atomic mass is 9.94. The summed E-state index contributed by atoms with van der Waals surface area (Å²) in [5, 5.41) is 2.94. The van der Waals surface area contributed by atoms with E-state index in [4.69, 9.17) is 26.1 Å². The third-order valence-electron chi connectivity index (χ3n) is 12.2. The van der Waals surface area contributed by atoms with Gasteiger partial charge in [0.2, 0.25) is 27.7 Å². The molecule has 0 spiro atoms. The molecule has 2 aromatic heterocycles. The summed E-state index contributed by atoms with van der Waals surface area (Å²) in [6, 6.07) is 9.23. The minimum absolute atomic E-state index is 0.0399. The Bertz CT molecular complexity index is 2330. The Kier molecular flexibility index (Phi) is 11.5. The standard InChI is InChI=1S/C42H47ClF2N6O8S/c1-58-33-15-14-29-34(21-31(47-37(29)36(33)43)30-11-7-8-17-46-30)59-27-20-32-38(53)48-42(40(55)49-60(56,57)28-12-13-28)22-26(42)10-6-4-2-3-5-9-25(39(54)51(32)23-27)19-35(52)50-18-16-41(44,45)24-50/h6-8,10-11,14-15,17,21,25-28,32H,2-5,9,12-13,16,18-20,22-24H2,1H3,(H,48,53)(H,49,55)/b10-6-/t25-,26?,27-,32+,42-/m1/s1. The molecular formula is C42H47ClF2N6O8S. The van der Waals surface area contributed by atoms with E-state index in [9.17, 15) is 36.4 Å². The molecule has 1 aromatic carbocycles. The summed E-state index contributed by atoms with van der Waals surface area (Å²) in [7, 11) is -2.47. The van der Waals surface area contributed by atoms with E-state index in [1.807, 2.05) is 12.2 Å². The van der Waals surface area contributed by atoms with Gasteiger partial charge in [0.15, 0.2) is 0 Å². The van der Waals surface area contributed by atoms with Gasteiger partial charge in [-0.05, 0) is 62.8 Å². The zero-order valence-electron chi connectivity index (χ0n) is 33.1. The van der Waals surface area contributed by atoms with Crippen molar-refractivity contribution in [1.82, 2.24) is 29.8 Å². The number of fused-ring (bicyclic) bond motifs is 3. The van der Waals surface area contributed by atoms with Crippen LogP contribution in [-0.4, -0.2) is 107 Å². The van der Waals surface area contributed by atoms with E-state index in [2.05, 4.69) is 15.0 Å². The van der Waals surface area contributed by atoms with Gasteiger partial charge in [0.1, 0.15) is 34.2 Å². The molecule has 5 heterocycles. The van der Waals surface area contributed by atoms with Crippen LogP contribution < -0.4 is 19.5 Å². The van der Waals surface area contributed by atoms with Crippen LogP contribution in [0.25, 0.3) is 22.3 Å². The van der Waals surface area contributed by atoms with Crippen molar-refractivity contribution in [2.24, 2.45) is 11.8 Å². The fourth-order valence-electron chi connectivity index (χ4n) is 8.56. The third kappa shape index (κ3) is 8.65. The Hall–Kier alpha value is -4.90. The summed E-state index contributed by atoms with van der Waals surface area (Å²) in [5.41, 5.74) is -0.249. The van der Waals surface area contributed by atoms with Crippen molar-refractivity contribution in [3.05, 3.63) is 59.8 Å². The molecule has 3 aromatic rings. The molecule has 1 unspecified atom stereocenters. The molecule has 4 fully saturated rings. The molecule has 2 aliphatic carbocycles. The fraction of sp³-hybridized carbons (Fsp3) is 0.524. The van der Waals surface area contributed by atoms with Crippen LogP contribution in [-0.2, 0) is 29.2 Å². The second-order valence-electron chi connectivity index (χ2n) is 16.5. The molecular weight excluding hydrogens is 822 g/mol. The van der Waals surface area contributed by atoms with Crippen molar-refractivity contribution in [3.63, 3.8) is 0 Å². The zero-order chi connectivity index (χ0) is 42.4. The Balaban J connectivity index is 1.14. The number of sulfonamides is 1. The molecule has 8 rings (SSSR count). The fourth-order valence-corrected chi connectivity index (χ4v) is 10.2. The second-order valence-corrected chi connectivity index (χ2v) is 18.9. The summed E-state index contributed by atoms with van der Waals surface area (Å²) in [6.45, 7) is -0.946. The van der Waals surface area contributed by atoms with E-state index in [0.717, 1.165) is 11.3 Å². The minimum Gasteiger partial charge on any atom is -0.495 e. The maximum atomic E-state index is 14.8. The lowest BCUT2D eigenvalue weighted by Crippen LogP contribution is -2.57. The number of nitrogens with zero attached hydrogens (tertiary/aromatic N) is 4. The van der Waals surface area contributed by atoms with Crippen LogP contribution in [0.3, 0.4) is 0 Å². The third-order valence-corrected chi connectivity index (χ3v) is 14.4. The van der Waals surface area contributed by atoms with E-state index in [0.29, 0.717) is 65.9 Å². The van der Waals surface area contributed by atoms with E-state index < -0.39 is 87.3 Å². The second kappa shape index (κ2) is 16.5. The molecule has 5 atom stereocenters. The Morgan fingerprint density at radius 2 is 1.88 bits per heavy atom. The monoisotopic (exact) mass is 868 g/mol. The average Bonchev–Trinajstić information content (AvgIpc) is 4.12. The van der Waals surface area contributed by atoms with Gasteiger partial charge in [-0.2, -0.15) is 0 Å². The van der Waals surface area contributed by atoms with Crippen LogP contribution in [0.1, 0.15) is 70.6 Å². The molecule has 2 saturated carbocycles. The summed E-state index contributed by atoms with van der Waals surface area (Å²) in [4.78, 5) is 68.4. The van der Waals surface area contributed by atoms with Gasteiger partial charge in [0.25, 0.3) is 11.8 Å². The molecule has 4 amide bonds.